The largest absolute Gasteiger partial charge is 0.416 e. The Kier molecular flexibility index (Phi) is 8.44. The molecular formula is C22H27F3N4O2. The summed E-state index contributed by atoms with van der Waals surface area (Å²) in [6.07, 6.45) is -4.45. The quantitative estimate of drug-likeness (QED) is 0.663. The first-order valence-corrected chi connectivity index (χ1v) is 9.75. The molecule has 9 heteroatoms. The summed E-state index contributed by atoms with van der Waals surface area (Å²) in [7, 11) is 3.67. The van der Waals surface area contributed by atoms with Crippen LogP contribution in [0.4, 0.5) is 23.7 Å². The van der Waals surface area contributed by atoms with Gasteiger partial charge in [0.1, 0.15) is 0 Å². The van der Waals surface area contributed by atoms with Crippen molar-refractivity contribution in [2.75, 3.05) is 39.0 Å². The van der Waals surface area contributed by atoms with Crippen LogP contribution in [0.5, 0.6) is 0 Å². The van der Waals surface area contributed by atoms with Crippen molar-refractivity contribution in [3.8, 4) is 0 Å². The molecule has 0 unspecified atom stereocenters. The highest BCUT2D eigenvalue weighted by Gasteiger charge is 2.30. The molecule has 0 spiro atoms. The molecular weight excluding hydrogens is 409 g/mol. The first-order chi connectivity index (χ1) is 14.5. The summed E-state index contributed by atoms with van der Waals surface area (Å²) in [6.45, 7) is 2.47. The molecule has 3 amide bonds. The predicted octanol–water partition coefficient (Wildman–Crippen LogP) is 3.73. The minimum Gasteiger partial charge on any atom is -0.336 e. The summed E-state index contributed by atoms with van der Waals surface area (Å²) in [5.41, 5.74) is 1.18. The number of nitrogens with zero attached hydrogens (tertiary/aromatic N) is 2. The second-order valence-corrected chi connectivity index (χ2v) is 7.49. The Bertz CT molecular complexity index is 900. The zero-order valence-corrected chi connectivity index (χ0v) is 17.8. The number of anilines is 1. The van der Waals surface area contributed by atoms with Gasteiger partial charge in [0, 0.05) is 25.3 Å². The van der Waals surface area contributed by atoms with E-state index in [-0.39, 0.29) is 13.1 Å². The summed E-state index contributed by atoms with van der Waals surface area (Å²) in [5, 5.41) is 5.15. The maximum atomic E-state index is 13.0. The first kappa shape index (κ1) is 24.2. The van der Waals surface area contributed by atoms with Gasteiger partial charge in [-0.2, -0.15) is 13.2 Å². The zero-order chi connectivity index (χ0) is 23.0. The number of rotatable bonds is 8. The minimum atomic E-state index is -4.45. The first-order valence-electron chi connectivity index (χ1n) is 9.75. The van der Waals surface area contributed by atoms with E-state index in [1.807, 2.05) is 32.0 Å². The number of nitrogens with one attached hydrogen (secondary N) is 2. The molecule has 31 heavy (non-hydrogen) atoms. The van der Waals surface area contributed by atoms with E-state index in [1.165, 1.54) is 11.0 Å². The third-order valence-corrected chi connectivity index (χ3v) is 4.47. The second-order valence-electron chi connectivity index (χ2n) is 7.49. The lowest BCUT2D eigenvalue weighted by Crippen LogP contribution is -2.43. The van der Waals surface area contributed by atoms with Crippen LogP contribution in [0, 0.1) is 6.92 Å². The highest BCUT2D eigenvalue weighted by atomic mass is 19.4. The van der Waals surface area contributed by atoms with Crippen LogP contribution in [0.1, 0.15) is 16.7 Å². The normalized spacial score (nSPS) is 11.3. The number of aryl methyl sites for hydroxylation is 1. The number of benzene rings is 2. The molecule has 0 atom stereocenters. The monoisotopic (exact) mass is 436 g/mol. The maximum absolute atomic E-state index is 13.0. The molecule has 0 aliphatic heterocycles. The van der Waals surface area contributed by atoms with Crippen LogP contribution >= 0.6 is 0 Å². The summed E-state index contributed by atoms with van der Waals surface area (Å²) in [4.78, 5) is 28.1. The molecule has 2 aromatic carbocycles. The van der Waals surface area contributed by atoms with E-state index < -0.39 is 23.7 Å². The predicted molar refractivity (Wildman–Crippen MR) is 114 cm³/mol. The van der Waals surface area contributed by atoms with Crippen LogP contribution in [0.3, 0.4) is 0 Å². The lowest BCUT2D eigenvalue weighted by atomic mass is 10.1. The number of hydrogen-bond acceptors (Lipinski definition) is 3. The van der Waals surface area contributed by atoms with E-state index in [9.17, 15) is 22.8 Å². The Labute approximate surface area is 180 Å². The Hall–Kier alpha value is -3.07. The molecule has 0 aliphatic carbocycles. The van der Waals surface area contributed by atoms with E-state index in [0.717, 1.165) is 17.7 Å². The van der Waals surface area contributed by atoms with Gasteiger partial charge in [-0.15, -0.1) is 0 Å². The van der Waals surface area contributed by atoms with Crippen LogP contribution in [-0.4, -0.2) is 55.5 Å². The van der Waals surface area contributed by atoms with Crippen molar-refractivity contribution >= 4 is 17.6 Å². The standard InChI is InChI=1S/C22H27F3N4O2/c1-16-6-4-9-19(12-16)27-21(31)26-14-20(30)29(11-10-28(2)3)15-17-7-5-8-18(13-17)22(23,24)25/h4-9,12-13H,10-11,14-15H2,1-3H3,(H2,26,27,31). The highest BCUT2D eigenvalue weighted by molar-refractivity contribution is 5.92. The Morgan fingerprint density at radius 3 is 2.35 bits per heavy atom. The smallest absolute Gasteiger partial charge is 0.336 e. The van der Waals surface area contributed by atoms with E-state index >= 15 is 0 Å². The van der Waals surface area contributed by atoms with Crippen molar-refractivity contribution in [1.29, 1.82) is 0 Å². The Morgan fingerprint density at radius 1 is 1.00 bits per heavy atom. The number of carbonyl (C=O) groups excluding carboxylic acids is 2. The van der Waals surface area contributed by atoms with Gasteiger partial charge in [-0.05, 0) is 56.4 Å². The molecule has 0 bridgehead atoms. The average molecular weight is 436 g/mol. The Morgan fingerprint density at radius 2 is 1.71 bits per heavy atom. The van der Waals surface area contributed by atoms with Gasteiger partial charge < -0.3 is 20.4 Å². The highest BCUT2D eigenvalue weighted by Crippen LogP contribution is 2.29. The van der Waals surface area contributed by atoms with Gasteiger partial charge in [0.2, 0.25) is 5.91 Å². The van der Waals surface area contributed by atoms with E-state index in [2.05, 4.69) is 10.6 Å². The number of alkyl halides is 3. The third kappa shape index (κ3) is 8.29. The topological polar surface area (TPSA) is 64.7 Å². The third-order valence-electron chi connectivity index (χ3n) is 4.47. The van der Waals surface area contributed by atoms with Crippen molar-refractivity contribution < 1.29 is 22.8 Å². The van der Waals surface area contributed by atoms with Crippen molar-refractivity contribution in [1.82, 2.24) is 15.1 Å². The van der Waals surface area contributed by atoms with Gasteiger partial charge in [-0.25, -0.2) is 4.79 Å². The SMILES string of the molecule is Cc1cccc(NC(=O)NCC(=O)N(CCN(C)C)Cc2cccc(C(F)(F)F)c2)c1. The molecule has 0 aromatic heterocycles. The Balaban J connectivity index is 2.01. The molecule has 0 saturated carbocycles. The van der Waals surface area contributed by atoms with Gasteiger partial charge >= 0.3 is 12.2 Å². The molecule has 2 rings (SSSR count). The summed E-state index contributed by atoms with van der Waals surface area (Å²) < 4.78 is 39.0. The second kappa shape index (κ2) is 10.8. The molecule has 2 N–H and O–H groups in total. The molecule has 0 radical (unpaired) electrons. The van der Waals surface area contributed by atoms with Crippen molar-refractivity contribution in [3.05, 3.63) is 65.2 Å². The summed E-state index contributed by atoms with van der Waals surface area (Å²) in [6, 6.07) is 11.6. The van der Waals surface area contributed by atoms with Crippen LogP contribution in [0.25, 0.3) is 0 Å². The number of halogens is 3. The van der Waals surface area contributed by atoms with Crippen molar-refractivity contribution in [2.45, 2.75) is 19.6 Å². The molecule has 0 heterocycles. The summed E-state index contributed by atoms with van der Waals surface area (Å²) in [5.74, 6) is -0.390. The number of likely N-dealkylation sites (N-methyl/N-ethyl adjacent to an activating group) is 1. The van der Waals surface area contributed by atoms with Crippen LogP contribution in [0.15, 0.2) is 48.5 Å². The van der Waals surface area contributed by atoms with Crippen LogP contribution in [0.2, 0.25) is 0 Å². The molecule has 0 saturated heterocycles. The van der Waals surface area contributed by atoms with E-state index in [0.29, 0.717) is 24.3 Å². The van der Waals surface area contributed by atoms with E-state index in [1.54, 1.807) is 24.3 Å². The summed E-state index contributed by atoms with van der Waals surface area (Å²) >= 11 is 0. The van der Waals surface area contributed by atoms with Gasteiger partial charge in [-0.1, -0.05) is 24.3 Å². The molecule has 2 aromatic rings. The fourth-order valence-corrected chi connectivity index (χ4v) is 2.84. The number of carbonyl (C=O) groups is 2. The van der Waals surface area contributed by atoms with Gasteiger partial charge in [0.05, 0.1) is 12.1 Å². The van der Waals surface area contributed by atoms with Crippen LogP contribution in [-0.2, 0) is 17.5 Å². The fraction of sp³-hybridized carbons (Fsp3) is 0.364. The molecule has 0 fully saturated rings. The van der Waals surface area contributed by atoms with Crippen molar-refractivity contribution in [2.24, 2.45) is 0 Å². The molecule has 0 aliphatic rings. The van der Waals surface area contributed by atoms with Gasteiger partial charge in [0.25, 0.3) is 0 Å². The number of urea groups is 1. The van der Waals surface area contributed by atoms with E-state index in [4.69, 9.17) is 0 Å². The zero-order valence-electron chi connectivity index (χ0n) is 17.8. The van der Waals surface area contributed by atoms with Crippen molar-refractivity contribution in [3.63, 3.8) is 0 Å². The van der Waals surface area contributed by atoms with Crippen LogP contribution < -0.4 is 10.6 Å². The molecule has 6 nitrogen and oxygen atoms in total. The minimum absolute atomic E-state index is 0.0117. The lowest BCUT2D eigenvalue weighted by molar-refractivity contribution is -0.137. The average Bonchev–Trinajstić information content (AvgIpc) is 2.68. The number of amides is 3. The lowest BCUT2D eigenvalue weighted by Gasteiger charge is -2.25. The van der Waals surface area contributed by atoms with Gasteiger partial charge in [-0.3, -0.25) is 4.79 Å². The van der Waals surface area contributed by atoms with Gasteiger partial charge in [0.15, 0.2) is 0 Å². The molecule has 168 valence electrons. The fourth-order valence-electron chi connectivity index (χ4n) is 2.84. The number of hydrogen-bond donors (Lipinski definition) is 2. The maximum Gasteiger partial charge on any atom is 0.416 e.